The third kappa shape index (κ3) is 2.86. The number of aromatic nitrogens is 1. The first-order chi connectivity index (χ1) is 13.2. The molecule has 3 N–H and O–H groups in total. The molecule has 2 aliphatic rings. The summed E-state index contributed by atoms with van der Waals surface area (Å²) in [5.74, 6) is 1.67. The Bertz CT molecular complexity index is 995. The molecule has 2 aliphatic heterocycles. The van der Waals surface area contributed by atoms with Crippen molar-refractivity contribution >= 4 is 23.1 Å². The topological polar surface area (TPSA) is 63.4 Å². The summed E-state index contributed by atoms with van der Waals surface area (Å²) in [5, 5.41) is 4.61. The summed E-state index contributed by atoms with van der Waals surface area (Å²) in [4.78, 5) is 6.80. The van der Waals surface area contributed by atoms with E-state index in [9.17, 15) is 0 Å². The molecule has 5 nitrogen and oxygen atoms in total. The molecule has 2 aromatic carbocycles. The summed E-state index contributed by atoms with van der Waals surface area (Å²) < 4.78 is 5.97. The van der Waals surface area contributed by atoms with Crippen LogP contribution >= 0.6 is 11.8 Å². The Hall–Kier alpha value is -2.54. The lowest BCUT2D eigenvalue weighted by Gasteiger charge is -2.36. The number of nitrogens with zero attached hydrogens (tertiary/aromatic N) is 2. The van der Waals surface area contributed by atoms with Gasteiger partial charge in [-0.1, -0.05) is 30.0 Å². The van der Waals surface area contributed by atoms with Crippen LogP contribution in [0.15, 0.2) is 65.8 Å². The highest BCUT2D eigenvalue weighted by Gasteiger charge is 2.38. The lowest BCUT2D eigenvalue weighted by atomic mass is 10.0. The molecule has 3 aromatic rings. The Morgan fingerprint density at radius 1 is 1.11 bits per heavy atom. The van der Waals surface area contributed by atoms with Gasteiger partial charge in [-0.3, -0.25) is 5.32 Å². The third-order valence-corrected chi connectivity index (χ3v) is 6.11. The number of para-hydroxylation sites is 1. The van der Waals surface area contributed by atoms with Gasteiger partial charge in [-0.05, 0) is 48.9 Å². The minimum atomic E-state index is 0.0125. The van der Waals surface area contributed by atoms with Gasteiger partial charge in [0.15, 0.2) is 0 Å². The molecule has 0 bridgehead atoms. The summed E-state index contributed by atoms with van der Waals surface area (Å²) in [6, 6.07) is 18.3. The molecule has 0 aliphatic carbocycles. The summed E-state index contributed by atoms with van der Waals surface area (Å²) in [5.41, 5.74) is 11.0. The molecule has 0 spiro atoms. The number of hydrogen-bond donors (Lipinski definition) is 2. The van der Waals surface area contributed by atoms with Gasteiger partial charge in [-0.2, -0.15) is 0 Å². The second-order valence-corrected chi connectivity index (χ2v) is 7.93. The van der Waals surface area contributed by atoms with E-state index in [0.29, 0.717) is 0 Å². The van der Waals surface area contributed by atoms with Crippen molar-refractivity contribution in [3.63, 3.8) is 0 Å². The molecule has 0 saturated carbocycles. The molecule has 5 rings (SSSR count). The molecule has 0 saturated heterocycles. The minimum Gasteiger partial charge on any atom is -0.457 e. The van der Waals surface area contributed by atoms with Crippen LogP contribution in [0.25, 0.3) is 0 Å². The predicted octanol–water partition coefficient (Wildman–Crippen LogP) is 4.31. The summed E-state index contributed by atoms with van der Waals surface area (Å²) in [6.45, 7) is 2.83. The number of thioether (sulfide) groups is 1. The van der Waals surface area contributed by atoms with E-state index >= 15 is 0 Å². The Labute approximate surface area is 162 Å². The third-order valence-electron chi connectivity index (χ3n) is 5.02. The van der Waals surface area contributed by atoms with E-state index in [1.807, 2.05) is 42.6 Å². The Kier molecular flexibility index (Phi) is 4.04. The molecule has 136 valence electrons. The fourth-order valence-corrected chi connectivity index (χ4v) is 4.86. The number of nitrogens with two attached hydrogens (primary N) is 1. The molecule has 27 heavy (non-hydrogen) atoms. The first kappa shape index (κ1) is 16.6. The van der Waals surface area contributed by atoms with Crippen LogP contribution in [0.5, 0.6) is 11.5 Å². The second-order valence-electron chi connectivity index (χ2n) is 6.76. The maximum Gasteiger partial charge on any atom is 0.127 e. The van der Waals surface area contributed by atoms with Gasteiger partial charge >= 0.3 is 0 Å². The zero-order chi connectivity index (χ0) is 18.4. The van der Waals surface area contributed by atoms with Gasteiger partial charge in [0.25, 0.3) is 0 Å². The van der Waals surface area contributed by atoms with Crippen molar-refractivity contribution in [1.82, 2.24) is 10.3 Å². The molecule has 0 fully saturated rings. The largest absolute Gasteiger partial charge is 0.457 e. The molecule has 3 heterocycles. The van der Waals surface area contributed by atoms with Crippen LogP contribution in [-0.2, 0) is 0 Å². The quantitative estimate of drug-likeness (QED) is 0.710. The standard InChI is InChI=1S/C21H20N4OS/c1-13-11-15(26-14-5-3-2-4-6-14)7-8-16(13)25-12-24-19-18-17(25)9-10-23-21(18)27-20(19)22/h2-11,19-20,24H,12,22H2,1H3. The van der Waals surface area contributed by atoms with Gasteiger partial charge in [0.05, 0.1) is 23.8 Å². The Morgan fingerprint density at radius 2 is 1.96 bits per heavy atom. The number of aryl methyl sites for hydroxylation is 1. The molecular formula is C21H20N4OS. The van der Waals surface area contributed by atoms with Crippen LogP contribution in [-0.4, -0.2) is 17.0 Å². The number of hydrogen-bond acceptors (Lipinski definition) is 6. The fourth-order valence-electron chi connectivity index (χ4n) is 3.75. The number of pyridine rings is 1. The first-order valence-corrected chi connectivity index (χ1v) is 9.84. The van der Waals surface area contributed by atoms with Crippen LogP contribution in [0.3, 0.4) is 0 Å². The van der Waals surface area contributed by atoms with E-state index in [4.69, 9.17) is 10.5 Å². The number of benzene rings is 2. The normalized spacial score (nSPS) is 20.4. The van der Waals surface area contributed by atoms with Crippen molar-refractivity contribution < 1.29 is 4.74 Å². The van der Waals surface area contributed by atoms with Crippen LogP contribution in [0.4, 0.5) is 11.4 Å². The van der Waals surface area contributed by atoms with Crippen LogP contribution in [0.1, 0.15) is 17.2 Å². The highest BCUT2D eigenvalue weighted by Crippen LogP contribution is 2.48. The second kappa shape index (κ2) is 6.56. The Morgan fingerprint density at radius 3 is 2.78 bits per heavy atom. The van der Waals surface area contributed by atoms with Gasteiger partial charge in [0, 0.05) is 17.4 Å². The highest BCUT2D eigenvalue weighted by molar-refractivity contribution is 8.00. The molecule has 1 aromatic heterocycles. The molecule has 6 heteroatoms. The number of ether oxygens (including phenoxy) is 1. The van der Waals surface area contributed by atoms with E-state index in [2.05, 4.69) is 40.3 Å². The average molecular weight is 376 g/mol. The lowest BCUT2D eigenvalue weighted by Crippen LogP contribution is -2.43. The molecule has 0 amide bonds. The highest BCUT2D eigenvalue weighted by atomic mass is 32.2. The molecule has 0 radical (unpaired) electrons. The smallest absolute Gasteiger partial charge is 0.127 e. The molecule has 2 atom stereocenters. The van der Waals surface area contributed by atoms with Gasteiger partial charge in [-0.25, -0.2) is 4.98 Å². The van der Waals surface area contributed by atoms with E-state index in [1.165, 1.54) is 11.3 Å². The van der Waals surface area contributed by atoms with Gasteiger partial charge in [0.2, 0.25) is 0 Å². The van der Waals surface area contributed by atoms with Crippen molar-refractivity contribution in [3.05, 3.63) is 71.9 Å². The van der Waals surface area contributed by atoms with E-state index < -0.39 is 0 Å². The van der Waals surface area contributed by atoms with E-state index in [0.717, 1.165) is 34.4 Å². The van der Waals surface area contributed by atoms with Crippen molar-refractivity contribution in [3.8, 4) is 11.5 Å². The Balaban J connectivity index is 1.48. The number of anilines is 2. The number of rotatable bonds is 3. The van der Waals surface area contributed by atoms with E-state index in [1.54, 1.807) is 11.8 Å². The van der Waals surface area contributed by atoms with Crippen molar-refractivity contribution in [2.24, 2.45) is 5.73 Å². The zero-order valence-electron chi connectivity index (χ0n) is 14.9. The lowest BCUT2D eigenvalue weighted by molar-refractivity contribution is 0.482. The minimum absolute atomic E-state index is 0.0125. The van der Waals surface area contributed by atoms with Crippen LogP contribution < -0.4 is 20.7 Å². The fraction of sp³-hybridized carbons (Fsp3) is 0.190. The molecule has 2 unspecified atom stereocenters. The zero-order valence-corrected chi connectivity index (χ0v) is 15.7. The van der Waals surface area contributed by atoms with Crippen LogP contribution in [0.2, 0.25) is 0 Å². The average Bonchev–Trinajstić information content (AvgIpc) is 3.01. The van der Waals surface area contributed by atoms with Crippen molar-refractivity contribution in [1.29, 1.82) is 0 Å². The predicted molar refractivity (Wildman–Crippen MR) is 109 cm³/mol. The SMILES string of the molecule is Cc1cc(Oc2ccccc2)ccc1N1CNC2c3c1ccnc3SC2N. The van der Waals surface area contributed by atoms with Crippen LogP contribution in [0, 0.1) is 6.92 Å². The summed E-state index contributed by atoms with van der Waals surface area (Å²) >= 11 is 1.64. The maximum absolute atomic E-state index is 6.28. The van der Waals surface area contributed by atoms with Gasteiger partial charge < -0.3 is 15.4 Å². The monoisotopic (exact) mass is 376 g/mol. The van der Waals surface area contributed by atoms with Gasteiger partial charge in [0.1, 0.15) is 16.5 Å². The van der Waals surface area contributed by atoms with Crippen molar-refractivity contribution in [2.45, 2.75) is 23.4 Å². The molecular weight excluding hydrogens is 356 g/mol. The summed E-state index contributed by atoms with van der Waals surface area (Å²) in [6.07, 6.45) is 1.87. The maximum atomic E-state index is 6.28. The van der Waals surface area contributed by atoms with Gasteiger partial charge in [-0.15, -0.1) is 0 Å². The number of nitrogens with one attached hydrogen (secondary N) is 1. The first-order valence-electron chi connectivity index (χ1n) is 8.96. The van der Waals surface area contributed by atoms with E-state index in [-0.39, 0.29) is 11.4 Å². The summed E-state index contributed by atoms with van der Waals surface area (Å²) in [7, 11) is 0. The van der Waals surface area contributed by atoms with Crippen molar-refractivity contribution in [2.75, 3.05) is 11.6 Å².